The predicted molar refractivity (Wildman–Crippen MR) is 75.9 cm³/mol. The minimum absolute atomic E-state index is 0.0577. The van der Waals surface area contributed by atoms with Crippen molar-refractivity contribution in [2.75, 3.05) is 18.4 Å². The number of pyridine rings is 1. The molecule has 2 rings (SSSR count). The lowest BCUT2D eigenvalue weighted by Gasteiger charge is -2.17. The maximum Gasteiger partial charge on any atom is 0.240 e. The molecule has 1 aliphatic rings. The van der Waals surface area contributed by atoms with Crippen LogP contribution in [0.25, 0.3) is 0 Å². The van der Waals surface area contributed by atoms with Crippen LogP contribution in [0.15, 0.2) is 6.07 Å². The summed E-state index contributed by atoms with van der Waals surface area (Å²) in [7, 11) is 0. The molecule has 0 atom stereocenters. The van der Waals surface area contributed by atoms with E-state index in [9.17, 15) is 4.79 Å². The van der Waals surface area contributed by atoms with Gasteiger partial charge in [-0.05, 0) is 37.3 Å². The molecule has 1 heterocycles. The summed E-state index contributed by atoms with van der Waals surface area (Å²) in [5.74, 6) is 2.59. The number of terminal acetylenes is 1. The molecule has 1 aromatic rings. The number of hydrogen-bond donors (Lipinski definition) is 2. The van der Waals surface area contributed by atoms with Crippen LogP contribution < -0.4 is 10.6 Å². The van der Waals surface area contributed by atoms with E-state index in [-0.39, 0.29) is 19.0 Å². The number of aryl methyl sites for hydroxylation is 2. The van der Waals surface area contributed by atoms with Crippen LogP contribution in [-0.4, -0.2) is 24.0 Å². The Morgan fingerprint density at radius 1 is 1.45 bits per heavy atom. The maximum atomic E-state index is 11.5. The Morgan fingerprint density at radius 2 is 2.25 bits per heavy atom. The fourth-order valence-electron chi connectivity index (χ4n) is 2.23. The number of aromatic nitrogens is 1. The third kappa shape index (κ3) is 3.27. The highest BCUT2D eigenvalue weighted by Crippen LogP contribution is 2.24. The fourth-order valence-corrected chi connectivity index (χ4v) is 2.23. The molecule has 5 nitrogen and oxygen atoms in total. The molecular weight excluding hydrogens is 252 g/mol. The van der Waals surface area contributed by atoms with E-state index in [1.807, 2.05) is 6.07 Å². The first-order valence-corrected chi connectivity index (χ1v) is 6.61. The van der Waals surface area contributed by atoms with Crippen LogP contribution in [-0.2, 0) is 17.6 Å². The van der Waals surface area contributed by atoms with Gasteiger partial charge in [-0.3, -0.25) is 4.79 Å². The molecule has 0 radical (unpaired) electrons. The van der Waals surface area contributed by atoms with Crippen molar-refractivity contribution in [2.24, 2.45) is 0 Å². The topological polar surface area (TPSA) is 77.8 Å². The SMILES string of the molecule is C#CCNC(=O)CNc1nc2c(cc1C#N)CCCC2. The summed E-state index contributed by atoms with van der Waals surface area (Å²) in [6.45, 7) is 0.255. The number of fused-ring (bicyclic) bond motifs is 1. The molecule has 0 bridgehead atoms. The Bertz CT molecular complexity index is 595. The summed E-state index contributed by atoms with van der Waals surface area (Å²) in [6.07, 6.45) is 9.23. The lowest BCUT2D eigenvalue weighted by atomic mass is 9.95. The maximum absolute atomic E-state index is 11.5. The first kappa shape index (κ1) is 13.9. The van der Waals surface area contributed by atoms with Crippen molar-refractivity contribution in [2.45, 2.75) is 25.7 Å². The molecule has 1 aromatic heterocycles. The quantitative estimate of drug-likeness (QED) is 0.798. The normalized spacial score (nSPS) is 12.7. The number of carbonyl (C=O) groups excluding carboxylic acids is 1. The van der Waals surface area contributed by atoms with Crippen LogP contribution >= 0.6 is 0 Å². The lowest BCUT2D eigenvalue weighted by Crippen LogP contribution is -2.30. The van der Waals surface area contributed by atoms with Crippen molar-refractivity contribution < 1.29 is 4.79 Å². The van der Waals surface area contributed by atoms with Gasteiger partial charge in [0.05, 0.1) is 18.7 Å². The molecule has 102 valence electrons. The summed E-state index contributed by atoms with van der Waals surface area (Å²) >= 11 is 0. The smallest absolute Gasteiger partial charge is 0.240 e. The van der Waals surface area contributed by atoms with E-state index in [0.717, 1.165) is 36.9 Å². The van der Waals surface area contributed by atoms with Crippen LogP contribution in [0.1, 0.15) is 29.7 Å². The third-order valence-electron chi connectivity index (χ3n) is 3.23. The second-order valence-electron chi connectivity index (χ2n) is 4.64. The molecule has 0 aliphatic heterocycles. The van der Waals surface area contributed by atoms with Crippen LogP contribution in [0.2, 0.25) is 0 Å². The van der Waals surface area contributed by atoms with E-state index in [4.69, 9.17) is 11.7 Å². The van der Waals surface area contributed by atoms with Crippen LogP contribution in [0.4, 0.5) is 5.82 Å². The van der Waals surface area contributed by atoms with Gasteiger partial charge in [-0.25, -0.2) is 4.98 Å². The van der Waals surface area contributed by atoms with Gasteiger partial charge in [0, 0.05) is 5.69 Å². The zero-order valence-corrected chi connectivity index (χ0v) is 11.2. The standard InChI is InChI=1S/C15H16N4O/c1-2-7-17-14(20)10-18-15-12(9-16)8-11-5-3-4-6-13(11)19-15/h1,8H,3-7,10H2,(H,17,20)(H,18,19). The molecule has 0 saturated heterocycles. The van der Waals surface area contributed by atoms with Gasteiger partial charge in [-0.1, -0.05) is 5.92 Å². The van der Waals surface area contributed by atoms with E-state index in [2.05, 4.69) is 27.6 Å². The molecule has 0 spiro atoms. The Morgan fingerprint density at radius 3 is 3.00 bits per heavy atom. The van der Waals surface area contributed by atoms with E-state index >= 15 is 0 Å². The number of hydrogen-bond acceptors (Lipinski definition) is 4. The minimum atomic E-state index is -0.216. The highest BCUT2D eigenvalue weighted by atomic mass is 16.1. The van der Waals surface area contributed by atoms with Gasteiger partial charge in [-0.2, -0.15) is 5.26 Å². The van der Waals surface area contributed by atoms with E-state index in [0.29, 0.717) is 11.4 Å². The van der Waals surface area contributed by atoms with E-state index in [1.165, 1.54) is 0 Å². The number of nitriles is 1. The van der Waals surface area contributed by atoms with E-state index in [1.54, 1.807) is 0 Å². The Kier molecular flexibility index (Phi) is 4.57. The number of rotatable bonds is 4. The molecule has 0 fully saturated rings. The molecule has 20 heavy (non-hydrogen) atoms. The molecule has 1 aliphatic carbocycles. The summed E-state index contributed by atoms with van der Waals surface area (Å²) in [4.78, 5) is 16.0. The number of amides is 1. The molecule has 0 aromatic carbocycles. The fraction of sp³-hybridized carbons (Fsp3) is 0.400. The first-order chi connectivity index (χ1) is 9.74. The van der Waals surface area contributed by atoms with E-state index < -0.39 is 0 Å². The van der Waals surface area contributed by atoms with Crippen molar-refractivity contribution in [3.63, 3.8) is 0 Å². The Hall–Kier alpha value is -2.53. The Labute approximate surface area is 118 Å². The molecule has 5 heteroatoms. The largest absolute Gasteiger partial charge is 0.360 e. The minimum Gasteiger partial charge on any atom is -0.360 e. The van der Waals surface area contributed by atoms with Crippen LogP contribution in [0, 0.1) is 23.7 Å². The zero-order chi connectivity index (χ0) is 14.4. The second-order valence-corrected chi connectivity index (χ2v) is 4.64. The summed E-state index contributed by atoms with van der Waals surface area (Å²) in [6, 6.07) is 4.00. The molecule has 1 amide bonds. The van der Waals surface area contributed by atoms with Crippen molar-refractivity contribution in [3.8, 4) is 18.4 Å². The van der Waals surface area contributed by atoms with Gasteiger partial charge in [-0.15, -0.1) is 6.42 Å². The highest BCUT2D eigenvalue weighted by molar-refractivity contribution is 5.81. The van der Waals surface area contributed by atoms with Gasteiger partial charge in [0.2, 0.25) is 5.91 Å². The average Bonchev–Trinajstić information content (AvgIpc) is 2.49. The molecule has 2 N–H and O–H groups in total. The molecule has 0 saturated carbocycles. The number of carbonyl (C=O) groups is 1. The Balaban J connectivity index is 2.09. The third-order valence-corrected chi connectivity index (χ3v) is 3.23. The number of nitrogens with one attached hydrogen (secondary N) is 2. The second kappa shape index (κ2) is 6.58. The van der Waals surface area contributed by atoms with Gasteiger partial charge in [0.1, 0.15) is 11.9 Å². The van der Waals surface area contributed by atoms with Crippen molar-refractivity contribution in [1.82, 2.24) is 10.3 Å². The van der Waals surface area contributed by atoms with Crippen molar-refractivity contribution >= 4 is 11.7 Å². The monoisotopic (exact) mass is 268 g/mol. The van der Waals surface area contributed by atoms with Gasteiger partial charge >= 0.3 is 0 Å². The van der Waals surface area contributed by atoms with Gasteiger partial charge < -0.3 is 10.6 Å². The van der Waals surface area contributed by atoms with Crippen molar-refractivity contribution in [3.05, 3.63) is 22.9 Å². The van der Waals surface area contributed by atoms with Gasteiger partial charge in [0.25, 0.3) is 0 Å². The zero-order valence-electron chi connectivity index (χ0n) is 11.2. The van der Waals surface area contributed by atoms with Crippen molar-refractivity contribution in [1.29, 1.82) is 5.26 Å². The van der Waals surface area contributed by atoms with Crippen LogP contribution in [0.3, 0.4) is 0 Å². The highest BCUT2D eigenvalue weighted by Gasteiger charge is 2.15. The number of nitrogens with zero attached hydrogens (tertiary/aromatic N) is 2. The summed E-state index contributed by atoms with van der Waals surface area (Å²) < 4.78 is 0. The average molecular weight is 268 g/mol. The summed E-state index contributed by atoms with van der Waals surface area (Å²) in [5, 5.41) is 14.6. The van der Waals surface area contributed by atoms with Crippen LogP contribution in [0.5, 0.6) is 0 Å². The first-order valence-electron chi connectivity index (χ1n) is 6.61. The lowest BCUT2D eigenvalue weighted by molar-refractivity contribution is -0.119. The predicted octanol–water partition coefficient (Wildman–Crippen LogP) is 0.993. The number of anilines is 1. The molecule has 0 unspecified atom stereocenters. The van der Waals surface area contributed by atoms with Gasteiger partial charge in [0.15, 0.2) is 0 Å². The summed E-state index contributed by atoms with van der Waals surface area (Å²) in [5.41, 5.74) is 2.66. The molecular formula is C15H16N4O.